The number of anilines is 1. The molecule has 1 aromatic rings. The summed E-state index contributed by atoms with van der Waals surface area (Å²) in [5.41, 5.74) is 2.24. The fraction of sp³-hybridized carbons (Fsp3) is 0.643. The van der Waals surface area contributed by atoms with Gasteiger partial charge in [-0.3, -0.25) is 9.88 Å². The third kappa shape index (κ3) is 3.68. The van der Waals surface area contributed by atoms with Gasteiger partial charge in [0.05, 0.1) is 5.69 Å². The molecule has 100 valence electrons. The van der Waals surface area contributed by atoms with Crippen molar-refractivity contribution in [3.63, 3.8) is 0 Å². The van der Waals surface area contributed by atoms with Gasteiger partial charge in [0.2, 0.25) is 0 Å². The zero-order valence-electron chi connectivity index (χ0n) is 11.1. The molecule has 1 atom stereocenters. The summed E-state index contributed by atoms with van der Waals surface area (Å²) < 4.78 is 0. The molecule has 4 heteroatoms. The zero-order valence-corrected chi connectivity index (χ0v) is 11.1. The number of pyridine rings is 1. The number of hydrogen-bond donors (Lipinski definition) is 2. The molecule has 2 heterocycles. The predicted molar refractivity (Wildman–Crippen MR) is 73.5 cm³/mol. The van der Waals surface area contributed by atoms with Crippen molar-refractivity contribution in [1.82, 2.24) is 9.88 Å². The summed E-state index contributed by atoms with van der Waals surface area (Å²) in [5.74, 6) is 0.440. The van der Waals surface area contributed by atoms with Crippen molar-refractivity contribution in [2.24, 2.45) is 5.92 Å². The molecule has 1 unspecified atom stereocenters. The lowest BCUT2D eigenvalue weighted by molar-refractivity contribution is 0.115. The minimum Gasteiger partial charge on any atom is -0.396 e. The second kappa shape index (κ2) is 6.71. The highest BCUT2D eigenvalue weighted by molar-refractivity contribution is 5.42. The van der Waals surface area contributed by atoms with Crippen LogP contribution >= 0.6 is 0 Å². The molecular weight excluding hydrogens is 226 g/mol. The van der Waals surface area contributed by atoms with Gasteiger partial charge in [-0.15, -0.1) is 0 Å². The molecule has 0 bridgehead atoms. The van der Waals surface area contributed by atoms with E-state index in [4.69, 9.17) is 0 Å². The van der Waals surface area contributed by atoms with Crippen LogP contribution in [0.4, 0.5) is 5.69 Å². The van der Waals surface area contributed by atoms with Crippen molar-refractivity contribution < 1.29 is 5.11 Å². The maximum atomic E-state index is 9.24. The Bertz CT molecular complexity index is 370. The Kier molecular flexibility index (Phi) is 4.96. The highest BCUT2D eigenvalue weighted by Crippen LogP contribution is 2.18. The van der Waals surface area contributed by atoms with E-state index in [-0.39, 0.29) is 0 Å². The molecule has 0 spiro atoms. The minimum absolute atomic E-state index is 0.307. The Morgan fingerprint density at radius 3 is 3.22 bits per heavy atom. The van der Waals surface area contributed by atoms with E-state index in [1.807, 2.05) is 12.3 Å². The van der Waals surface area contributed by atoms with Gasteiger partial charge < -0.3 is 10.4 Å². The molecular formula is C14H23N3O. The number of piperidine rings is 1. The number of rotatable bonds is 5. The molecule has 2 rings (SSSR count). The number of hydrogen-bond acceptors (Lipinski definition) is 4. The summed E-state index contributed by atoms with van der Waals surface area (Å²) in [6, 6.07) is 4.12. The lowest BCUT2D eigenvalue weighted by atomic mass is 9.99. The van der Waals surface area contributed by atoms with Crippen LogP contribution in [0.25, 0.3) is 0 Å². The first-order valence-electron chi connectivity index (χ1n) is 6.84. The van der Waals surface area contributed by atoms with Gasteiger partial charge in [-0.2, -0.15) is 0 Å². The normalized spacial score (nSPS) is 20.9. The lowest BCUT2D eigenvalue weighted by Gasteiger charge is -2.31. The van der Waals surface area contributed by atoms with Crippen LogP contribution in [0.2, 0.25) is 0 Å². The maximum absolute atomic E-state index is 9.24. The van der Waals surface area contributed by atoms with E-state index in [0.29, 0.717) is 12.5 Å². The van der Waals surface area contributed by atoms with Crippen molar-refractivity contribution in [1.29, 1.82) is 0 Å². The van der Waals surface area contributed by atoms with E-state index < -0.39 is 0 Å². The highest BCUT2D eigenvalue weighted by atomic mass is 16.3. The fourth-order valence-corrected chi connectivity index (χ4v) is 2.55. The van der Waals surface area contributed by atoms with E-state index in [1.54, 1.807) is 0 Å². The Balaban J connectivity index is 1.93. The van der Waals surface area contributed by atoms with Crippen LogP contribution in [0, 0.1) is 5.92 Å². The molecule has 0 aromatic carbocycles. The quantitative estimate of drug-likeness (QED) is 0.834. The van der Waals surface area contributed by atoms with Crippen molar-refractivity contribution in [2.45, 2.75) is 26.3 Å². The molecule has 0 saturated carbocycles. The van der Waals surface area contributed by atoms with Crippen LogP contribution in [0.15, 0.2) is 18.3 Å². The summed E-state index contributed by atoms with van der Waals surface area (Å²) in [6.07, 6.45) is 4.19. The monoisotopic (exact) mass is 249 g/mol. The summed E-state index contributed by atoms with van der Waals surface area (Å²) in [6.45, 7) is 6.32. The lowest BCUT2D eigenvalue weighted by Crippen LogP contribution is -2.36. The van der Waals surface area contributed by atoms with Crippen LogP contribution < -0.4 is 5.32 Å². The topological polar surface area (TPSA) is 48.4 Å². The molecule has 2 N–H and O–H groups in total. The highest BCUT2D eigenvalue weighted by Gasteiger charge is 2.19. The summed E-state index contributed by atoms with van der Waals surface area (Å²) in [7, 11) is 0. The van der Waals surface area contributed by atoms with Crippen molar-refractivity contribution in [3.05, 3.63) is 24.0 Å². The maximum Gasteiger partial charge on any atom is 0.0564 e. The van der Waals surface area contributed by atoms with E-state index in [9.17, 15) is 5.11 Å². The van der Waals surface area contributed by atoms with Gasteiger partial charge in [-0.05, 0) is 44.4 Å². The van der Waals surface area contributed by atoms with E-state index in [2.05, 4.69) is 28.2 Å². The smallest absolute Gasteiger partial charge is 0.0564 e. The molecule has 0 aliphatic carbocycles. The van der Waals surface area contributed by atoms with Crippen LogP contribution in [0.1, 0.15) is 25.5 Å². The predicted octanol–water partition coefficient (Wildman–Crippen LogP) is 1.72. The SMILES string of the molecule is CCNc1ccnc(CN2CCCC(CO)C2)c1. The van der Waals surface area contributed by atoms with Gasteiger partial charge in [0.1, 0.15) is 0 Å². The molecule has 1 aromatic heterocycles. The molecule has 18 heavy (non-hydrogen) atoms. The van der Waals surface area contributed by atoms with Crippen molar-refractivity contribution in [3.8, 4) is 0 Å². The van der Waals surface area contributed by atoms with Gasteiger partial charge in [0.25, 0.3) is 0 Å². The van der Waals surface area contributed by atoms with Crippen LogP contribution in [0.5, 0.6) is 0 Å². The van der Waals surface area contributed by atoms with Crippen LogP contribution in [-0.2, 0) is 6.54 Å². The number of likely N-dealkylation sites (tertiary alicyclic amines) is 1. The first-order chi connectivity index (χ1) is 8.81. The van der Waals surface area contributed by atoms with E-state index >= 15 is 0 Å². The van der Waals surface area contributed by atoms with Gasteiger partial charge in [-0.1, -0.05) is 0 Å². The zero-order chi connectivity index (χ0) is 12.8. The number of aliphatic hydroxyl groups excluding tert-OH is 1. The molecule has 1 saturated heterocycles. The van der Waals surface area contributed by atoms with Gasteiger partial charge >= 0.3 is 0 Å². The Hall–Kier alpha value is -1.13. The van der Waals surface area contributed by atoms with E-state index in [1.165, 1.54) is 6.42 Å². The molecule has 1 aliphatic heterocycles. The molecule has 0 amide bonds. The molecule has 0 radical (unpaired) electrons. The molecule has 4 nitrogen and oxygen atoms in total. The van der Waals surface area contributed by atoms with Crippen LogP contribution in [0.3, 0.4) is 0 Å². The number of nitrogens with one attached hydrogen (secondary N) is 1. The Labute approximate surface area is 109 Å². The summed E-state index contributed by atoms with van der Waals surface area (Å²) in [4.78, 5) is 6.81. The molecule has 1 fully saturated rings. The van der Waals surface area contributed by atoms with E-state index in [0.717, 1.165) is 44.0 Å². The summed E-state index contributed by atoms with van der Waals surface area (Å²) >= 11 is 0. The van der Waals surface area contributed by atoms with Gasteiger partial charge in [-0.25, -0.2) is 0 Å². The first-order valence-corrected chi connectivity index (χ1v) is 6.84. The van der Waals surface area contributed by atoms with Gasteiger partial charge in [0, 0.05) is 38.1 Å². The molecule has 1 aliphatic rings. The second-order valence-corrected chi connectivity index (χ2v) is 4.99. The first kappa shape index (κ1) is 13.3. The largest absolute Gasteiger partial charge is 0.396 e. The second-order valence-electron chi connectivity index (χ2n) is 4.99. The third-order valence-electron chi connectivity index (χ3n) is 3.44. The number of aromatic nitrogens is 1. The average Bonchev–Trinajstić information content (AvgIpc) is 2.40. The van der Waals surface area contributed by atoms with Crippen molar-refractivity contribution >= 4 is 5.69 Å². The average molecular weight is 249 g/mol. The number of aliphatic hydroxyl groups is 1. The minimum atomic E-state index is 0.307. The Morgan fingerprint density at radius 1 is 1.56 bits per heavy atom. The summed E-state index contributed by atoms with van der Waals surface area (Å²) in [5, 5.41) is 12.5. The van der Waals surface area contributed by atoms with Crippen LogP contribution in [-0.4, -0.2) is 41.2 Å². The Morgan fingerprint density at radius 2 is 2.44 bits per heavy atom. The third-order valence-corrected chi connectivity index (χ3v) is 3.44. The fourth-order valence-electron chi connectivity index (χ4n) is 2.55. The van der Waals surface area contributed by atoms with Gasteiger partial charge in [0.15, 0.2) is 0 Å². The number of nitrogens with zero attached hydrogens (tertiary/aromatic N) is 2. The standard InChI is InChI=1S/C14H23N3O/c1-2-15-13-5-6-16-14(8-13)10-17-7-3-4-12(9-17)11-18/h5-6,8,12,18H,2-4,7,9-11H2,1H3,(H,15,16). The van der Waals surface area contributed by atoms with Crippen molar-refractivity contribution in [2.75, 3.05) is 31.6 Å².